The maximum Gasteiger partial charge on any atom is 0.409 e. The van der Waals surface area contributed by atoms with Gasteiger partial charge in [-0.15, -0.1) is 0 Å². The molecule has 0 fully saturated rings. The third kappa shape index (κ3) is 4.11. The normalized spacial score (nSPS) is 16.0. The molecule has 1 atom stereocenters. The van der Waals surface area contributed by atoms with Crippen molar-refractivity contribution in [3.8, 4) is 22.6 Å². The fourth-order valence-electron chi connectivity index (χ4n) is 3.44. The van der Waals surface area contributed by atoms with Crippen LogP contribution in [0.5, 0.6) is 11.5 Å². The molecule has 3 aromatic rings. The molecule has 0 aromatic heterocycles. The van der Waals surface area contributed by atoms with E-state index in [0.717, 1.165) is 22.3 Å². The summed E-state index contributed by atoms with van der Waals surface area (Å²) in [5, 5.41) is 5.31. The Kier molecular flexibility index (Phi) is 5.17. The van der Waals surface area contributed by atoms with Crippen LogP contribution in [0.2, 0.25) is 0 Å². The van der Waals surface area contributed by atoms with Gasteiger partial charge in [-0.25, -0.2) is 4.79 Å². The van der Waals surface area contributed by atoms with Crippen LogP contribution in [0.15, 0.2) is 71.7 Å². The number of amides is 2. The van der Waals surface area contributed by atoms with E-state index in [2.05, 4.69) is 15.6 Å². The minimum absolute atomic E-state index is 0.101. The molecule has 2 heterocycles. The Hall–Kier alpha value is -4.33. The number of alkyl carbamates (subject to hydrolysis) is 1. The van der Waals surface area contributed by atoms with Crippen LogP contribution in [0.4, 0.5) is 10.5 Å². The Morgan fingerprint density at radius 2 is 1.81 bits per heavy atom. The summed E-state index contributed by atoms with van der Waals surface area (Å²) in [5.74, 6) is 0.929. The first-order valence-electron chi connectivity index (χ1n) is 10.0. The second-order valence-electron chi connectivity index (χ2n) is 7.25. The number of aliphatic imine (C=N–C) groups is 1. The summed E-state index contributed by atoms with van der Waals surface area (Å²) in [7, 11) is 0. The van der Waals surface area contributed by atoms with E-state index in [0.29, 0.717) is 17.2 Å². The first-order valence-corrected chi connectivity index (χ1v) is 10.0. The Bertz CT molecular complexity index is 1210. The number of fused-ring (bicyclic) bond motifs is 2. The van der Waals surface area contributed by atoms with Crippen molar-refractivity contribution in [1.29, 1.82) is 0 Å². The number of rotatable bonds is 4. The van der Waals surface area contributed by atoms with Crippen LogP contribution in [0.1, 0.15) is 11.1 Å². The van der Waals surface area contributed by atoms with Gasteiger partial charge in [0.05, 0.1) is 5.69 Å². The molecule has 0 saturated heterocycles. The summed E-state index contributed by atoms with van der Waals surface area (Å²) >= 11 is 0. The van der Waals surface area contributed by atoms with E-state index in [4.69, 9.17) is 14.2 Å². The Balaban J connectivity index is 1.27. The smallest absolute Gasteiger partial charge is 0.409 e. The molecule has 2 aliphatic rings. The van der Waals surface area contributed by atoms with Crippen molar-refractivity contribution in [1.82, 2.24) is 5.32 Å². The molecule has 32 heavy (non-hydrogen) atoms. The molecule has 160 valence electrons. The van der Waals surface area contributed by atoms with Crippen LogP contribution in [0.3, 0.4) is 0 Å². The zero-order valence-corrected chi connectivity index (χ0v) is 16.9. The van der Waals surface area contributed by atoms with E-state index in [1.54, 1.807) is 6.21 Å². The third-order valence-corrected chi connectivity index (χ3v) is 5.10. The van der Waals surface area contributed by atoms with E-state index in [-0.39, 0.29) is 13.4 Å². The largest absolute Gasteiger partial charge is 0.454 e. The summed E-state index contributed by atoms with van der Waals surface area (Å²) in [6.07, 6.45) is -0.267. The summed E-state index contributed by atoms with van der Waals surface area (Å²) in [6, 6.07) is 20.6. The minimum Gasteiger partial charge on any atom is -0.454 e. The van der Waals surface area contributed by atoms with Gasteiger partial charge in [0.15, 0.2) is 11.5 Å². The third-order valence-electron chi connectivity index (χ3n) is 5.10. The molecule has 0 bridgehead atoms. The van der Waals surface area contributed by atoms with Gasteiger partial charge in [0.2, 0.25) is 13.0 Å². The molecule has 8 nitrogen and oxygen atoms in total. The second-order valence-corrected chi connectivity index (χ2v) is 7.25. The number of benzodiazepines with no additional fused rings is 1. The average Bonchev–Trinajstić information content (AvgIpc) is 3.23. The standard InChI is InChI=1S/C24H19N3O5/c28-23-22(27-24(29)30-13-15-4-2-1-3-5-15)25-12-18-7-6-16(10-19(18)26-23)17-8-9-20-21(11-17)32-14-31-20/h1-12,22H,13-14H2,(H,26,28)(H,27,29). The van der Waals surface area contributed by atoms with Gasteiger partial charge in [0.25, 0.3) is 5.91 Å². The van der Waals surface area contributed by atoms with Crippen molar-refractivity contribution in [3.63, 3.8) is 0 Å². The number of carbonyl (C=O) groups excluding carboxylic acids is 2. The number of hydrogen-bond donors (Lipinski definition) is 2. The fraction of sp³-hybridized carbons (Fsp3) is 0.125. The van der Waals surface area contributed by atoms with E-state index in [1.807, 2.05) is 66.7 Å². The van der Waals surface area contributed by atoms with E-state index in [1.165, 1.54) is 0 Å². The number of hydrogen-bond acceptors (Lipinski definition) is 6. The van der Waals surface area contributed by atoms with E-state index >= 15 is 0 Å². The van der Waals surface area contributed by atoms with Crippen LogP contribution < -0.4 is 20.1 Å². The highest BCUT2D eigenvalue weighted by molar-refractivity contribution is 6.05. The molecule has 5 rings (SSSR count). The minimum atomic E-state index is -1.10. The maximum atomic E-state index is 12.7. The van der Waals surface area contributed by atoms with Crippen molar-refractivity contribution in [2.24, 2.45) is 4.99 Å². The van der Waals surface area contributed by atoms with Gasteiger partial charge in [-0.2, -0.15) is 0 Å². The maximum absolute atomic E-state index is 12.7. The number of carbonyl (C=O) groups is 2. The topological polar surface area (TPSA) is 98.3 Å². The van der Waals surface area contributed by atoms with Crippen LogP contribution >= 0.6 is 0 Å². The van der Waals surface area contributed by atoms with Crippen LogP contribution in [0, 0.1) is 0 Å². The highest BCUT2D eigenvalue weighted by atomic mass is 16.7. The molecule has 3 aromatic carbocycles. The molecule has 1 unspecified atom stereocenters. The summed E-state index contributed by atoms with van der Waals surface area (Å²) in [4.78, 5) is 29.0. The van der Waals surface area contributed by atoms with Crippen molar-refractivity contribution >= 4 is 23.9 Å². The van der Waals surface area contributed by atoms with Crippen molar-refractivity contribution in [2.45, 2.75) is 12.8 Å². The van der Waals surface area contributed by atoms with Gasteiger partial charge in [-0.05, 0) is 34.9 Å². The van der Waals surface area contributed by atoms with Gasteiger partial charge in [-0.3, -0.25) is 15.1 Å². The average molecular weight is 429 g/mol. The Labute approximate surface area is 183 Å². The Morgan fingerprint density at radius 1 is 1.03 bits per heavy atom. The van der Waals surface area contributed by atoms with E-state index < -0.39 is 18.2 Å². The van der Waals surface area contributed by atoms with Crippen LogP contribution in [-0.4, -0.2) is 31.2 Å². The second kappa shape index (κ2) is 8.43. The number of ether oxygens (including phenoxy) is 3. The lowest BCUT2D eigenvalue weighted by Crippen LogP contribution is -2.42. The lowest BCUT2D eigenvalue weighted by molar-refractivity contribution is -0.117. The fourth-order valence-corrected chi connectivity index (χ4v) is 3.44. The molecule has 0 radical (unpaired) electrons. The predicted molar refractivity (Wildman–Crippen MR) is 118 cm³/mol. The van der Waals surface area contributed by atoms with Gasteiger partial charge in [0.1, 0.15) is 6.61 Å². The quantitative estimate of drug-likeness (QED) is 0.659. The van der Waals surface area contributed by atoms with Crippen LogP contribution in [-0.2, 0) is 16.1 Å². The molecule has 0 spiro atoms. The van der Waals surface area contributed by atoms with E-state index in [9.17, 15) is 9.59 Å². The predicted octanol–water partition coefficient (Wildman–Crippen LogP) is 3.71. The number of nitrogens with zero attached hydrogens (tertiary/aromatic N) is 1. The Morgan fingerprint density at radius 3 is 2.69 bits per heavy atom. The number of anilines is 1. The first kappa shape index (κ1) is 19.6. The van der Waals surface area contributed by atoms with Gasteiger partial charge in [-0.1, -0.05) is 48.5 Å². The van der Waals surface area contributed by atoms with Crippen molar-refractivity contribution < 1.29 is 23.8 Å². The van der Waals surface area contributed by atoms with Gasteiger partial charge < -0.3 is 19.5 Å². The molecule has 2 amide bonds. The van der Waals surface area contributed by atoms with Gasteiger partial charge >= 0.3 is 6.09 Å². The van der Waals surface area contributed by atoms with Crippen LogP contribution in [0.25, 0.3) is 11.1 Å². The first-order chi connectivity index (χ1) is 15.7. The monoisotopic (exact) mass is 429 g/mol. The highest BCUT2D eigenvalue weighted by Crippen LogP contribution is 2.36. The molecule has 2 aliphatic heterocycles. The lowest BCUT2D eigenvalue weighted by Gasteiger charge is -2.13. The highest BCUT2D eigenvalue weighted by Gasteiger charge is 2.24. The number of nitrogens with one attached hydrogen (secondary N) is 2. The zero-order valence-electron chi connectivity index (χ0n) is 16.9. The lowest BCUT2D eigenvalue weighted by atomic mass is 10.0. The molecule has 8 heteroatoms. The molecular weight excluding hydrogens is 410 g/mol. The SMILES string of the molecule is O=C(NC1N=Cc2ccc(-c3ccc4c(c3)OCO4)cc2NC1=O)OCc1ccccc1. The summed E-state index contributed by atoms with van der Waals surface area (Å²) in [5.41, 5.74) is 3.98. The molecule has 0 saturated carbocycles. The number of benzene rings is 3. The summed E-state index contributed by atoms with van der Waals surface area (Å²) < 4.78 is 16.0. The summed E-state index contributed by atoms with van der Waals surface area (Å²) in [6.45, 7) is 0.307. The van der Waals surface area contributed by atoms with Gasteiger partial charge in [0, 0.05) is 11.8 Å². The van der Waals surface area contributed by atoms with Crippen molar-refractivity contribution in [2.75, 3.05) is 12.1 Å². The molecule has 0 aliphatic carbocycles. The van der Waals surface area contributed by atoms with Crippen molar-refractivity contribution in [3.05, 3.63) is 77.9 Å². The molecular formula is C24H19N3O5. The zero-order chi connectivity index (χ0) is 21.9. The molecule has 2 N–H and O–H groups in total.